The molecule has 0 radical (unpaired) electrons. The van der Waals surface area contributed by atoms with Crippen molar-refractivity contribution in [1.29, 1.82) is 0 Å². The van der Waals surface area contributed by atoms with Crippen molar-refractivity contribution < 1.29 is 14.3 Å². The molecule has 1 N–H and O–H groups in total. The Morgan fingerprint density at radius 3 is 2.60 bits per heavy atom. The van der Waals surface area contributed by atoms with Gasteiger partial charge in [-0.25, -0.2) is 0 Å². The number of benzene rings is 2. The second-order valence-electron chi connectivity index (χ2n) is 7.98. The highest BCUT2D eigenvalue weighted by Crippen LogP contribution is 2.40. The second kappa shape index (κ2) is 10.3. The van der Waals surface area contributed by atoms with Gasteiger partial charge in [-0.2, -0.15) is 0 Å². The Balaban J connectivity index is 1.86. The van der Waals surface area contributed by atoms with E-state index >= 15 is 0 Å². The van der Waals surface area contributed by atoms with E-state index in [-0.39, 0.29) is 23.8 Å². The summed E-state index contributed by atoms with van der Waals surface area (Å²) in [5.41, 5.74) is 3.16. The smallest absolute Gasteiger partial charge is 0.225 e. The van der Waals surface area contributed by atoms with Crippen LogP contribution in [0.5, 0.6) is 5.75 Å². The number of piperidine rings is 1. The third-order valence-corrected chi connectivity index (χ3v) is 5.84. The van der Waals surface area contributed by atoms with Crippen LogP contribution in [0.3, 0.4) is 0 Å². The summed E-state index contributed by atoms with van der Waals surface area (Å²) in [4.78, 5) is 28.0. The normalized spacial score (nSPS) is 18.9. The van der Waals surface area contributed by atoms with Gasteiger partial charge in [0.25, 0.3) is 0 Å². The third-order valence-electron chi connectivity index (χ3n) is 5.84. The number of unbranched alkanes of at least 4 members (excludes halogenated alkanes) is 1. The summed E-state index contributed by atoms with van der Waals surface area (Å²) in [6.45, 7) is 5.29. The van der Waals surface area contributed by atoms with Crippen molar-refractivity contribution in [2.24, 2.45) is 5.92 Å². The molecule has 1 saturated heterocycles. The second-order valence-corrected chi connectivity index (χ2v) is 7.98. The minimum Gasteiger partial charge on any atom is -0.496 e. The van der Waals surface area contributed by atoms with E-state index < -0.39 is 0 Å². The van der Waals surface area contributed by atoms with Crippen molar-refractivity contribution in [1.82, 2.24) is 10.2 Å². The molecular formula is C25H32N2O3. The number of hydrogen-bond acceptors (Lipinski definition) is 3. The first-order valence-electron chi connectivity index (χ1n) is 10.8. The Labute approximate surface area is 179 Å². The molecule has 1 aliphatic heterocycles. The summed E-state index contributed by atoms with van der Waals surface area (Å²) < 4.78 is 5.59. The first-order valence-corrected chi connectivity index (χ1v) is 10.8. The van der Waals surface area contributed by atoms with Gasteiger partial charge in [0.15, 0.2) is 0 Å². The monoisotopic (exact) mass is 408 g/mol. The summed E-state index contributed by atoms with van der Waals surface area (Å²) in [6.07, 6.45) is 2.85. The fraction of sp³-hybridized carbons (Fsp3) is 0.440. The molecule has 5 heteroatoms. The van der Waals surface area contributed by atoms with Gasteiger partial charge in [0.05, 0.1) is 19.1 Å². The standard InChI is InChI=1S/C25H32N2O3/c1-4-5-16-27-23(28)15-14-21(24(27)20-8-6-7-9-22(20)30-3)25(29)26-17-19-12-10-18(2)11-13-19/h6-13,21,24H,4-5,14-17H2,1-3H3,(H,26,29). The summed E-state index contributed by atoms with van der Waals surface area (Å²) in [7, 11) is 1.63. The van der Waals surface area contributed by atoms with Crippen LogP contribution in [0.1, 0.15) is 55.3 Å². The predicted octanol–water partition coefficient (Wildman–Crippen LogP) is 4.40. The average molecular weight is 409 g/mol. The summed E-state index contributed by atoms with van der Waals surface area (Å²) in [5.74, 6) is 0.513. The first-order chi connectivity index (χ1) is 14.5. The third kappa shape index (κ3) is 5.02. The zero-order valence-corrected chi connectivity index (χ0v) is 18.2. The fourth-order valence-electron chi connectivity index (χ4n) is 4.14. The van der Waals surface area contributed by atoms with Gasteiger partial charge in [0, 0.05) is 25.1 Å². The van der Waals surface area contributed by atoms with Crippen LogP contribution >= 0.6 is 0 Å². The van der Waals surface area contributed by atoms with Gasteiger partial charge in [0.2, 0.25) is 11.8 Å². The molecule has 1 fully saturated rings. The van der Waals surface area contributed by atoms with E-state index in [2.05, 4.69) is 12.2 Å². The highest BCUT2D eigenvalue weighted by molar-refractivity contribution is 5.85. The molecule has 0 aliphatic carbocycles. The number of hydrogen-bond donors (Lipinski definition) is 1. The zero-order chi connectivity index (χ0) is 21.5. The number of likely N-dealkylation sites (tertiary alicyclic amines) is 1. The van der Waals surface area contributed by atoms with E-state index in [1.165, 1.54) is 5.56 Å². The molecule has 5 nitrogen and oxygen atoms in total. The van der Waals surface area contributed by atoms with Crippen molar-refractivity contribution in [3.05, 3.63) is 65.2 Å². The molecule has 2 atom stereocenters. The molecule has 1 heterocycles. The van der Waals surface area contributed by atoms with Gasteiger partial charge >= 0.3 is 0 Å². The Hall–Kier alpha value is -2.82. The van der Waals surface area contributed by atoms with E-state index in [1.54, 1.807) is 7.11 Å². The molecule has 0 aromatic heterocycles. The van der Waals surface area contributed by atoms with Gasteiger partial charge in [0.1, 0.15) is 5.75 Å². The molecule has 2 aromatic carbocycles. The molecule has 0 spiro atoms. The van der Waals surface area contributed by atoms with Crippen LogP contribution in [0.25, 0.3) is 0 Å². The molecule has 0 saturated carbocycles. The maximum atomic E-state index is 13.3. The Morgan fingerprint density at radius 1 is 1.17 bits per heavy atom. The lowest BCUT2D eigenvalue weighted by molar-refractivity contribution is -0.143. The molecule has 2 amide bonds. The quantitative estimate of drug-likeness (QED) is 0.704. The van der Waals surface area contributed by atoms with Gasteiger partial charge in [-0.1, -0.05) is 61.4 Å². The van der Waals surface area contributed by atoms with Crippen LogP contribution < -0.4 is 10.1 Å². The Bertz CT molecular complexity index is 863. The number of rotatable bonds is 8. The van der Waals surface area contributed by atoms with Gasteiger partial charge in [-0.05, 0) is 31.4 Å². The van der Waals surface area contributed by atoms with E-state index in [4.69, 9.17) is 4.74 Å². The summed E-state index contributed by atoms with van der Waals surface area (Å²) >= 11 is 0. The maximum Gasteiger partial charge on any atom is 0.225 e. The number of nitrogens with one attached hydrogen (secondary N) is 1. The van der Waals surface area contributed by atoms with Crippen LogP contribution in [-0.4, -0.2) is 30.4 Å². The fourth-order valence-corrected chi connectivity index (χ4v) is 4.14. The molecule has 1 aliphatic rings. The van der Waals surface area contributed by atoms with E-state index in [1.807, 2.05) is 60.4 Å². The maximum absolute atomic E-state index is 13.3. The molecule has 30 heavy (non-hydrogen) atoms. The average Bonchev–Trinajstić information content (AvgIpc) is 2.77. The summed E-state index contributed by atoms with van der Waals surface area (Å²) in [5, 5.41) is 3.10. The number of para-hydroxylation sites is 1. The molecule has 3 rings (SSSR count). The number of carbonyl (C=O) groups excluding carboxylic acids is 2. The topological polar surface area (TPSA) is 58.6 Å². The van der Waals surface area contributed by atoms with Gasteiger partial charge < -0.3 is 15.0 Å². The Kier molecular flexibility index (Phi) is 7.50. The number of aryl methyl sites for hydroxylation is 1. The molecule has 160 valence electrons. The highest BCUT2D eigenvalue weighted by Gasteiger charge is 2.41. The number of nitrogens with zero attached hydrogens (tertiary/aromatic N) is 1. The lowest BCUT2D eigenvalue weighted by atomic mass is 9.83. The van der Waals surface area contributed by atoms with Crippen LogP contribution in [0, 0.1) is 12.8 Å². The first kappa shape index (κ1) is 21.9. The molecular weight excluding hydrogens is 376 g/mol. The van der Waals surface area contributed by atoms with Crippen molar-refractivity contribution >= 4 is 11.8 Å². The Morgan fingerprint density at radius 2 is 1.90 bits per heavy atom. The van der Waals surface area contributed by atoms with Crippen molar-refractivity contribution in [2.45, 2.75) is 52.1 Å². The number of methoxy groups -OCH3 is 1. The van der Waals surface area contributed by atoms with E-state index in [0.717, 1.165) is 29.7 Å². The molecule has 0 bridgehead atoms. The number of ether oxygens (including phenoxy) is 1. The van der Waals surface area contributed by atoms with Gasteiger partial charge in [-0.3, -0.25) is 9.59 Å². The predicted molar refractivity (Wildman–Crippen MR) is 118 cm³/mol. The largest absolute Gasteiger partial charge is 0.496 e. The van der Waals surface area contributed by atoms with E-state index in [9.17, 15) is 9.59 Å². The SMILES string of the molecule is CCCCN1C(=O)CCC(C(=O)NCc2ccc(C)cc2)C1c1ccccc1OC. The number of carbonyl (C=O) groups is 2. The lowest BCUT2D eigenvalue weighted by Crippen LogP contribution is -2.48. The van der Waals surface area contributed by atoms with E-state index in [0.29, 0.717) is 25.9 Å². The van der Waals surface area contributed by atoms with Crippen molar-refractivity contribution in [3.63, 3.8) is 0 Å². The summed E-state index contributed by atoms with van der Waals surface area (Å²) in [6, 6.07) is 15.6. The zero-order valence-electron chi connectivity index (χ0n) is 18.2. The van der Waals surface area contributed by atoms with Crippen LogP contribution in [-0.2, 0) is 16.1 Å². The minimum absolute atomic E-state index is 0.0134. The van der Waals surface area contributed by atoms with Crippen molar-refractivity contribution in [3.8, 4) is 5.75 Å². The van der Waals surface area contributed by atoms with Crippen LogP contribution in [0.15, 0.2) is 48.5 Å². The van der Waals surface area contributed by atoms with Crippen LogP contribution in [0.4, 0.5) is 0 Å². The van der Waals surface area contributed by atoms with Gasteiger partial charge in [-0.15, -0.1) is 0 Å². The number of amides is 2. The minimum atomic E-state index is -0.313. The van der Waals surface area contributed by atoms with Crippen LogP contribution in [0.2, 0.25) is 0 Å². The highest BCUT2D eigenvalue weighted by atomic mass is 16.5. The van der Waals surface area contributed by atoms with Crippen molar-refractivity contribution in [2.75, 3.05) is 13.7 Å². The molecule has 2 aromatic rings. The molecule has 2 unspecified atom stereocenters. The lowest BCUT2D eigenvalue weighted by Gasteiger charge is -2.41.